The fraction of sp³-hybridized carbons (Fsp3) is 0.154. The molecule has 0 saturated heterocycles. The fourth-order valence-electron chi connectivity index (χ4n) is 1.28. The zero-order valence-corrected chi connectivity index (χ0v) is 11.0. The minimum atomic E-state index is 0.147. The van der Waals surface area contributed by atoms with E-state index in [0.717, 1.165) is 11.3 Å². The monoisotopic (exact) mass is 270 g/mol. The highest BCUT2D eigenvalue weighted by molar-refractivity contribution is 6.31. The molecule has 7 heteroatoms. The van der Waals surface area contributed by atoms with Crippen molar-refractivity contribution in [2.45, 2.75) is 6.92 Å². The molecule has 0 saturated carbocycles. The van der Waals surface area contributed by atoms with Gasteiger partial charge in [-0.3, -0.25) is 9.98 Å². The van der Waals surface area contributed by atoms with E-state index in [2.05, 4.69) is 25.0 Å². The van der Waals surface area contributed by atoms with Gasteiger partial charge >= 0.3 is 6.01 Å². The molecular weight excluding hydrogens is 256 g/mol. The Morgan fingerprint density at radius 1 is 1.30 bits per heavy atom. The van der Waals surface area contributed by atoms with Crippen LogP contribution in [0.5, 0.6) is 6.01 Å². The normalized spacial score (nSPS) is 11.8. The maximum Gasteiger partial charge on any atom is 0.316 e. The third-order valence-electron chi connectivity index (χ3n) is 2.30. The highest BCUT2D eigenvalue weighted by Crippen LogP contribution is 2.07. The van der Waals surface area contributed by atoms with Crippen LogP contribution in [0.15, 0.2) is 47.0 Å². The number of nitrogens with two attached hydrogens (primary N) is 1. The molecule has 2 rings (SSSR count). The fourth-order valence-corrected chi connectivity index (χ4v) is 1.28. The molecule has 0 fully saturated rings. The quantitative estimate of drug-likeness (QED) is 0.501. The topological polar surface area (TPSA) is 98.6 Å². The lowest BCUT2D eigenvalue weighted by Gasteiger charge is -2.03. The average Bonchev–Trinajstić information content (AvgIpc) is 2.50. The maximum absolute atomic E-state index is 5.37. The Bertz CT molecular complexity index is 594. The highest BCUT2D eigenvalue weighted by atomic mass is 16.5. The van der Waals surface area contributed by atoms with Crippen molar-refractivity contribution in [3.05, 3.63) is 42.5 Å². The summed E-state index contributed by atoms with van der Waals surface area (Å²) in [5, 5.41) is 3.61. The summed E-state index contributed by atoms with van der Waals surface area (Å²) in [6.45, 7) is 2.05. The molecule has 0 spiro atoms. The van der Waals surface area contributed by atoms with Crippen molar-refractivity contribution in [2.24, 2.45) is 15.9 Å². The first-order valence-corrected chi connectivity index (χ1v) is 5.90. The van der Waals surface area contributed by atoms with Crippen LogP contribution >= 0.6 is 0 Å². The number of hydrogen-bond acceptors (Lipinski definition) is 7. The van der Waals surface area contributed by atoms with E-state index in [-0.39, 0.29) is 12.6 Å². The van der Waals surface area contributed by atoms with E-state index in [4.69, 9.17) is 10.6 Å². The molecule has 0 aliphatic heterocycles. The van der Waals surface area contributed by atoms with Gasteiger partial charge in [0.2, 0.25) is 0 Å². The second-order valence-corrected chi connectivity index (χ2v) is 3.92. The average molecular weight is 270 g/mol. The Morgan fingerprint density at radius 2 is 2.00 bits per heavy atom. The maximum atomic E-state index is 5.37. The minimum absolute atomic E-state index is 0.147. The van der Waals surface area contributed by atoms with Gasteiger partial charge < -0.3 is 10.6 Å². The summed E-state index contributed by atoms with van der Waals surface area (Å²) in [5.74, 6) is 5.29. The Labute approximate surface area is 116 Å². The zero-order valence-electron chi connectivity index (χ0n) is 11.0. The number of aromatic nitrogens is 3. The smallest absolute Gasteiger partial charge is 0.316 e. The van der Waals surface area contributed by atoms with Gasteiger partial charge in [-0.25, -0.2) is 9.97 Å². The number of aliphatic imine (C=N–C) groups is 1. The molecular formula is C13H14N6O. The van der Waals surface area contributed by atoms with Gasteiger partial charge in [0, 0.05) is 24.8 Å². The number of aryl methyl sites for hydroxylation is 1. The van der Waals surface area contributed by atoms with Gasteiger partial charge in [-0.1, -0.05) is 0 Å². The third kappa shape index (κ3) is 4.13. The predicted octanol–water partition coefficient (Wildman–Crippen LogP) is 1.28. The van der Waals surface area contributed by atoms with Gasteiger partial charge in [0.25, 0.3) is 0 Å². The third-order valence-corrected chi connectivity index (χ3v) is 2.30. The van der Waals surface area contributed by atoms with Crippen molar-refractivity contribution in [3.63, 3.8) is 0 Å². The van der Waals surface area contributed by atoms with Crippen LogP contribution in [0.1, 0.15) is 5.56 Å². The minimum Gasteiger partial charge on any atom is -0.457 e. The Balaban J connectivity index is 1.93. The van der Waals surface area contributed by atoms with E-state index in [1.807, 2.05) is 6.92 Å². The summed E-state index contributed by atoms with van der Waals surface area (Å²) in [7, 11) is 0. The predicted molar refractivity (Wildman–Crippen MR) is 76.3 cm³/mol. The molecule has 2 N–H and O–H groups in total. The molecule has 0 aliphatic rings. The van der Waals surface area contributed by atoms with E-state index in [9.17, 15) is 0 Å². The van der Waals surface area contributed by atoms with E-state index in [1.165, 1.54) is 6.21 Å². The molecule has 0 bridgehead atoms. The van der Waals surface area contributed by atoms with E-state index >= 15 is 0 Å². The van der Waals surface area contributed by atoms with Gasteiger partial charge in [-0.05, 0) is 24.6 Å². The molecule has 2 aromatic rings. The summed E-state index contributed by atoms with van der Waals surface area (Å²) in [4.78, 5) is 16.2. The van der Waals surface area contributed by atoms with Crippen molar-refractivity contribution in [2.75, 3.05) is 6.61 Å². The van der Waals surface area contributed by atoms with Gasteiger partial charge in [0.15, 0.2) is 0 Å². The zero-order chi connectivity index (χ0) is 14.2. The molecule has 2 aromatic heterocycles. The number of hydrogen-bond donors (Lipinski definition) is 1. The van der Waals surface area contributed by atoms with Crippen LogP contribution in [0.2, 0.25) is 0 Å². The van der Waals surface area contributed by atoms with Crippen LogP contribution < -0.4 is 10.6 Å². The van der Waals surface area contributed by atoms with Crippen LogP contribution in [0.25, 0.3) is 0 Å². The second-order valence-electron chi connectivity index (χ2n) is 3.92. The van der Waals surface area contributed by atoms with Crippen LogP contribution in [-0.4, -0.2) is 33.5 Å². The standard InChI is InChI=1S/C13H14N6O/c1-10-6-17-13(18-7-10)20-9-12(19-14)8-16-11-2-4-15-5-3-11/h2-8H,9,14H2,1H3. The molecule has 7 nitrogen and oxygen atoms in total. The summed E-state index contributed by atoms with van der Waals surface area (Å²) in [5.41, 5.74) is 2.20. The second kappa shape index (κ2) is 6.93. The van der Waals surface area contributed by atoms with Crippen molar-refractivity contribution in [1.82, 2.24) is 15.0 Å². The highest BCUT2D eigenvalue weighted by Gasteiger charge is 2.00. The van der Waals surface area contributed by atoms with Gasteiger partial charge in [-0.2, -0.15) is 5.10 Å². The molecule has 0 unspecified atom stereocenters. The Kier molecular flexibility index (Phi) is 4.71. The van der Waals surface area contributed by atoms with Gasteiger partial charge in [-0.15, -0.1) is 0 Å². The lowest BCUT2D eigenvalue weighted by molar-refractivity contribution is 0.346. The first kappa shape index (κ1) is 13.6. The largest absolute Gasteiger partial charge is 0.457 e. The molecule has 2 heterocycles. The van der Waals surface area contributed by atoms with Crippen LogP contribution in [0.3, 0.4) is 0 Å². The van der Waals surface area contributed by atoms with Crippen LogP contribution in [0, 0.1) is 6.92 Å². The molecule has 0 radical (unpaired) electrons. The van der Waals surface area contributed by atoms with Crippen LogP contribution in [0.4, 0.5) is 5.69 Å². The molecule has 0 aromatic carbocycles. The first-order chi connectivity index (χ1) is 9.78. The molecule has 0 aliphatic carbocycles. The molecule has 102 valence electrons. The van der Waals surface area contributed by atoms with Crippen LogP contribution in [-0.2, 0) is 0 Å². The van der Waals surface area contributed by atoms with Gasteiger partial charge in [0.1, 0.15) is 12.3 Å². The number of nitrogens with zero attached hydrogens (tertiary/aromatic N) is 5. The summed E-state index contributed by atoms with van der Waals surface area (Å²) >= 11 is 0. The van der Waals surface area contributed by atoms with Crippen molar-refractivity contribution >= 4 is 17.6 Å². The van der Waals surface area contributed by atoms with Gasteiger partial charge in [0.05, 0.1) is 11.9 Å². The van der Waals surface area contributed by atoms with E-state index < -0.39 is 0 Å². The number of ether oxygens (including phenoxy) is 1. The van der Waals surface area contributed by atoms with Crippen molar-refractivity contribution < 1.29 is 4.74 Å². The first-order valence-electron chi connectivity index (χ1n) is 5.90. The Morgan fingerprint density at radius 3 is 2.65 bits per heavy atom. The summed E-state index contributed by atoms with van der Waals surface area (Å²) < 4.78 is 5.37. The summed E-state index contributed by atoms with van der Waals surface area (Å²) in [6.07, 6.45) is 8.19. The lowest BCUT2D eigenvalue weighted by atomic mass is 10.4. The number of rotatable bonds is 5. The van der Waals surface area contributed by atoms with E-state index in [0.29, 0.717) is 5.71 Å². The van der Waals surface area contributed by atoms with Crippen molar-refractivity contribution in [1.29, 1.82) is 0 Å². The molecule has 0 atom stereocenters. The SMILES string of the molecule is Cc1cnc(OCC(C=Nc2ccncc2)=NN)nc1. The summed E-state index contributed by atoms with van der Waals surface area (Å²) in [6, 6.07) is 3.82. The molecule has 20 heavy (non-hydrogen) atoms. The number of pyridine rings is 1. The van der Waals surface area contributed by atoms with E-state index in [1.54, 1.807) is 36.9 Å². The Hall–Kier alpha value is -2.83. The van der Waals surface area contributed by atoms with Crippen molar-refractivity contribution in [3.8, 4) is 6.01 Å². The number of hydrazone groups is 1. The molecule has 0 amide bonds. The lowest BCUT2D eigenvalue weighted by Crippen LogP contribution is -2.16.